The highest BCUT2D eigenvalue weighted by Gasteiger charge is 2.14. The van der Waals surface area contributed by atoms with E-state index in [-0.39, 0.29) is 5.97 Å². The predicted octanol–water partition coefficient (Wildman–Crippen LogP) is 3.94. The highest BCUT2D eigenvalue weighted by atomic mass is 16.5. The lowest BCUT2D eigenvalue weighted by atomic mass is 10.1. The average Bonchev–Trinajstić information content (AvgIpc) is 2.64. The first-order valence-electron chi connectivity index (χ1n) is 8.33. The van der Waals surface area contributed by atoms with Crippen molar-refractivity contribution in [3.63, 3.8) is 0 Å². The molecule has 0 saturated carbocycles. The van der Waals surface area contributed by atoms with Crippen LogP contribution in [0.5, 0.6) is 5.75 Å². The normalized spacial score (nSPS) is 10.4. The lowest BCUT2D eigenvalue weighted by Crippen LogP contribution is -2.15. The van der Waals surface area contributed by atoms with Crippen molar-refractivity contribution >= 4 is 5.97 Å². The third kappa shape index (κ3) is 5.39. The molecular weight excluding hydrogens is 302 g/mol. The summed E-state index contributed by atoms with van der Waals surface area (Å²) in [6.45, 7) is 4.27. The van der Waals surface area contributed by atoms with Crippen LogP contribution in [0.3, 0.4) is 0 Å². The molecule has 2 aromatic carbocycles. The summed E-state index contributed by atoms with van der Waals surface area (Å²) in [5.74, 6) is 0.163. The summed E-state index contributed by atoms with van der Waals surface area (Å²) in [7, 11) is 1.38. The van der Waals surface area contributed by atoms with Crippen LogP contribution in [0.25, 0.3) is 0 Å². The highest BCUT2D eigenvalue weighted by Crippen LogP contribution is 2.22. The Kier molecular flexibility index (Phi) is 7.30. The second-order valence-corrected chi connectivity index (χ2v) is 5.63. The standard InChI is InChI=1S/C20H25NO3/c1-3-4-12-21-14-17-10-11-19(18(13-17)20(22)23-2)24-15-16-8-6-5-7-9-16/h5-11,13,21H,3-4,12,14-15H2,1-2H3. The molecule has 0 aliphatic rings. The molecule has 0 aliphatic carbocycles. The minimum Gasteiger partial charge on any atom is -0.488 e. The summed E-state index contributed by atoms with van der Waals surface area (Å²) in [5, 5.41) is 3.37. The molecule has 2 aromatic rings. The van der Waals surface area contributed by atoms with Crippen LogP contribution in [0.2, 0.25) is 0 Å². The Morgan fingerprint density at radius 3 is 2.58 bits per heavy atom. The van der Waals surface area contributed by atoms with Crippen LogP contribution in [0.1, 0.15) is 41.3 Å². The molecule has 0 spiro atoms. The van der Waals surface area contributed by atoms with Crippen LogP contribution in [0, 0.1) is 0 Å². The summed E-state index contributed by atoms with van der Waals surface area (Å²) < 4.78 is 10.7. The highest BCUT2D eigenvalue weighted by molar-refractivity contribution is 5.92. The lowest BCUT2D eigenvalue weighted by molar-refractivity contribution is 0.0595. The number of unbranched alkanes of at least 4 members (excludes halogenated alkanes) is 1. The molecule has 0 bridgehead atoms. The first-order chi connectivity index (χ1) is 11.7. The van der Waals surface area contributed by atoms with E-state index < -0.39 is 0 Å². The van der Waals surface area contributed by atoms with E-state index in [1.165, 1.54) is 7.11 Å². The number of hydrogen-bond acceptors (Lipinski definition) is 4. The molecule has 0 saturated heterocycles. The number of nitrogens with one attached hydrogen (secondary N) is 1. The van der Waals surface area contributed by atoms with Gasteiger partial charge in [-0.15, -0.1) is 0 Å². The lowest BCUT2D eigenvalue weighted by Gasteiger charge is -2.12. The zero-order valence-corrected chi connectivity index (χ0v) is 14.4. The van der Waals surface area contributed by atoms with Gasteiger partial charge in [0.2, 0.25) is 0 Å². The van der Waals surface area contributed by atoms with Gasteiger partial charge in [-0.05, 0) is 36.2 Å². The molecule has 0 fully saturated rings. The van der Waals surface area contributed by atoms with E-state index in [9.17, 15) is 4.79 Å². The molecule has 128 valence electrons. The summed E-state index contributed by atoms with van der Waals surface area (Å²) in [4.78, 5) is 12.1. The first-order valence-corrected chi connectivity index (χ1v) is 8.33. The van der Waals surface area contributed by atoms with E-state index in [1.807, 2.05) is 48.5 Å². The monoisotopic (exact) mass is 327 g/mol. The molecule has 0 amide bonds. The van der Waals surface area contributed by atoms with Gasteiger partial charge in [-0.1, -0.05) is 49.7 Å². The smallest absolute Gasteiger partial charge is 0.341 e. The summed E-state index contributed by atoms with van der Waals surface area (Å²) in [5.41, 5.74) is 2.56. The number of carbonyl (C=O) groups is 1. The second-order valence-electron chi connectivity index (χ2n) is 5.63. The number of methoxy groups -OCH3 is 1. The van der Waals surface area contributed by atoms with Crippen molar-refractivity contribution in [2.45, 2.75) is 32.9 Å². The SMILES string of the molecule is CCCCNCc1ccc(OCc2ccccc2)c(C(=O)OC)c1. The Bertz CT molecular complexity index is 641. The Morgan fingerprint density at radius 2 is 1.88 bits per heavy atom. The van der Waals surface area contributed by atoms with E-state index in [2.05, 4.69) is 12.2 Å². The minimum absolute atomic E-state index is 0.381. The van der Waals surface area contributed by atoms with Gasteiger partial charge in [-0.25, -0.2) is 4.79 Å². The number of hydrogen-bond donors (Lipinski definition) is 1. The molecule has 4 heteroatoms. The molecule has 4 nitrogen and oxygen atoms in total. The van der Waals surface area contributed by atoms with Crippen LogP contribution in [-0.4, -0.2) is 19.6 Å². The molecule has 0 radical (unpaired) electrons. The molecule has 1 N–H and O–H groups in total. The van der Waals surface area contributed by atoms with Crippen molar-refractivity contribution in [2.24, 2.45) is 0 Å². The fourth-order valence-corrected chi connectivity index (χ4v) is 2.35. The van der Waals surface area contributed by atoms with Gasteiger partial charge in [-0.3, -0.25) is 0 Å². The van der Waals surface area contributed by atoms with Gasteiger partial charge >= 0.3 is 5.97 Å². The van der Waals surface area contributed by atoms with Gasteiger partial charge in [0.15, 0.2) is 0 Å². The van der Waals surface area contributed by atoms with E-state index in [0.717, 1.165) is 37.1 Å². The van der Waals surface area contributed by atoms with E-state index >= 15 is 0 Å². The topological polar surface area (TPSA) is 47.6 Å². The number of benzene rings is 2. The van der Waals surface area contributed by atoms with Crippen LogP contribution < -0.4 is 10.1 Å². The minimum atomic E-state index is -0.381. The van der Waals surface area contributed by atoms with Gasteiger partial charge < -0.3 is 14.8 Å². The van der Waals surface area contributed by atoms with Crippen LogP contribution in [-0.2, 0) is 17.9 Å². The third-order valence-corrected chi connectivity index (χ3v) is 3.72. The van der Waals surface area contributed by atoms with Gasteiger partial charge in [0, 0.05) is 6.54 Å². The Labute approximate surface area is 143 Å². The van der Waals surface area contributed by atoms with Gasteiger partial charge in [-0.2, -0.15) is 0 Å². The summed E-state index contributed by atoms with van der Waals surface area (Å²) in [6, 6.07) is 15.5. The van der Waals surface area contributed by atoms with Crippen molar-refractivity contribution in [3.05, 3.63) is 65.2 Å². The third-order valence-electron chi connectivity index (χ3n) is 3.72. The van der Waals surface area contributed by atoms with Gasteiger partial charge in [0.25, 0.3) is 0 Å². The molecular formula is C20H25NO3. The molecule has 0 atom stereocenters. The van der Waals surface area contributed by atoms with Crippen LogP contribution >= 0.6 is 0 Å². The molecule has 0 heterocycles. The van der Waals surface area contributed by atoms with Crippen LogP contribution in [0.15, 0.2) is 48.5 Å². The number of carbonyl (C=O) groups excluding carboxylic acids is 1. The number of esters is 1. The summed E-state index contributed by atoms with van der Waals surface area (Å²) in [6.07, 6.45) is 2.30. The maximum absolute atomic E-state index is 12.1. The average molecular weight is 327 g/mol. The summed E-state index contributed by atoms with van der Waals surface area (Å²) >= 11 is 0. The number of ether oxygens (including phenoxy) is 2. The van der Waals surface area contributed by atoms with Crippen molar-refractivity contribution in [1.29, 1.82) is 0 Å². The largest absolute Gasteiger partial charge is 0.488 e. The molecule has 2 rings (SSSR count). The first kappa shape index (κ1) is 18.0. The quantitative estimate of drug-likeness (QED) is 0.560. The zero-order chi connectivity index (χ0) is 17.2. The molecule has 24 heavy (non-hydrogen) atoms. The van der Waals surface area contributed by atoms with Gasteiger partial charge in [0.1, 0.15) is 17.9 Å². The Hall–Kier alpha value is -2.33. The van der Waals surface area contributed by atoms with Crippen molar-refractivity contribution in [2.75, 3.05) is 13.7 Å². The maximum atomic E-state index is 12.1. The predicted molar refractivity (Wildman–Crippen MR) is 95.2 cm³/mol. The van der Waals surface area contributed by atoms with Crippen LogP contribution in [0.4, 0.5) is 0 Å². The fraction of sp³-hybridized carbons (Fsp3) is 0.350. The van der Waals surface area contributed by atoms with Gasteiger partial charge in [0.05, 0.1) is 7.11 Å². The fourth-order valence-electron chi connectivity index (χ4n) is 2.35. The van der Waals surface area contributed by atoms with E-state index in [4.69, 9.17) is 9.47 Å². The van der Waals surface area contributed by atoms with Crippen molar-refractivity contribution in [3.8, 4) is 5.75 Å². The second kappa shape index (κ2) is 9.73. The Morgan fingerprint density at radius 1 is 1.08 bits per heavy atom. The maximum Gasteiger partial charge on any atom is 0.341 e. The molecule has 0 aliphatic heterocycles. The molecule has 0 unspecified atom stereocenters. The van der Waals surface area contributed by atoms with E-state index in [0.29, 0.717) is 17.9 Å². The van der Waals surface area contributed by atoms with E-state index in [1.54, 1.807) is 0 Å². The van der Waals surface area contributed by atoms with Crippen molar-refractivity contribution < 1.29 is 14.3 Å². The Balaban J connectivity index is 2.07. The van der Waals surface area contributed by atoms with Crippen molar-refractivity contribution in [1.82, 2.24) is 5.32 Å². The number of rotatable bonds is 9. The molecule has 0 aromatic heterocycles. The zero-order valence-electron chi connectivity index (χ0n) is 14.4.